The average Bonchev–Trinajstić information content (AvgIpc) is 2.74. The molecule has 3 rings (SSSR count). The molecule has 2 saturated heterocycles. The van der Waals surface area contributed by atoms with E-state index in [2.05, 4.69) is 42.2 Å². The molecule has 1 spiro atoms. The summed E-state index contributed by atoms with van der Waals surface area (Å²) < 4.78 is 6.01. The number of rotatable bonds is 3. The zero-order valence-corrected chi connectivity index (χ0v) is 13.5. The molecule has 0 bridgehead atoms. The Morgan fingerprint density at radius 3 is 2.77 bits per heavy atom. The molecule has 1 atom stereocenters. The van der Waals surface area contributed by atoms with E-state index in [1.165, 1.54) is 5.56 Å². The Morgan fingerprint density at radius 2 is 2.00 bits per heavy atom. The summed E-state index contributed by atoms with van der Waals surface area (Å²) in [5.41, 5.74) is 1.25. The predicted molar refractivity (Wildman–Crippen MR) is 86.5 cm³/mol. The van der Waals surface area contributed by atoms with Gasteiger partial charge in [-0.15, -0.1) is 0 Å². The highest BCUT2D eigenvalue weighted by molar-refractivity contribution is 5.78. The van der Waals surface area contributed by atoms with Crippen LogP contribution < -0.4 is 0 Å². The Morgan fingerprint density at radius 1 is 1.18 bits per heavy atom. The van der Waals surface area contributed by atoms with Gasteiger partial charge in [-0.3, -0.25) is 9.69 Å². The van der Waals surface area contributed by atoms with Gasteiger partial charge in [-0.2, -0.15) is 0 Å². The SMILES string of the molecule is CCN1C[C@]2(CCCN(Cc3ccccc3)CC2)OCC1=O. The summed E-state index contributed by atoms with van der Waals surface area (Å²) in [6, 6.07) is 10.6. The van der Waals surface area contributed by atoms with Crippen LogP contribution in [0.25, 0.3) is 0 Å². The Kier molecular flexibility index (Phi) is 4.79. The Labute approximate surface area is 133 Å². The van der Waals surface area contributed by atoms with Crippen LogP contribution in [0.15, 0.2) is 30.3 Å². The third kappa shape index (κ3) is 3.50. The van der Waals surface area contributed by atoms with E-state index in [1.807, 2.05) is 4.90 Å². The molecule has 1 aromatic rings. The molecule has 0 saturated carbocycles. The molecule has 22 heavy (non-hydrogen) atoms. The number of carbonyl (C=O) groups excluding carboxylic acids is 1. The van der Waals surface area contributed by atoms with Gasteiger partial charge in [0.05, 0.1) is 5.60 Å². The molecular formula is C18H26N2O2. The van der Waals surface area contributed by atoms with E-state index >= 15 is 0 Å². The smallest absolute Gasteiger partial charge is 0.248 e. The second-order valence-electron chi connectivity index (χ2n) is 6.49. The van der Waals surface area contributed by atoms with E-state index in [4.69, 9.17) is 4.74 Å². The van der Waals surface area contributed by atoms with Crippen molar-refractivity contribution in [3.05, 3.63) is 35.9 Å². The van der Waals surface area contributed by atoms with E-state index in [1.54, 1.807) is 0 Å². The number of likely N-dealkylation sites (N-methyl/N-ethyl adjacent to an activating group) is 1. The van der Waals surface area contributed by atoms with Gasteiger partial charge >= 0.3 is 0 Å². The van der Waals surface area contributed by atoms with Crippen molar-refractivity contribution in [1.82, 2.24) is 9.80 Å². The van der Waals surface area contributed by atoms with Crippen LogP contribution in [-0.4, -0.2) is 54.1 Å². The normalized spacial score (nSPS) is 27.1. The minimum absolute atomic E-state index is 0.116. The zero-order chi connectivity index (χ0) is 15.4. The first kappa shape index (κ1) is 15.5. The molecular weight excluding hydrogens is 276 g/mol. The fourth-order valence-electron chi connectivity index (χ4n) is 3.60. The fourth-order valence-corrected chi connectivity index (χ4v) is 3.60. The molecule has 0 unspecified atom stereocenters. The quantitative estimate of drug-likeness (QED) is 0.859. The van der Waals surface area contributed by atoms with Crippen LogP contribution in [0.1, 0.15) is 31.7 Å². The van der Waals surface area contributed by atoms with Gasteiger partial charge in [-0.1, -0.05) is 30.3 Å². The second kappa shape index (κ2) is 6.80. The average molecular weight is 302 g/mol. The first-order valence-electron chi connectivity index (χ1n) is 8.39. The molecule has 4 nitrogen and oxygen atoms in total. The molecule has 0 radical (unpaired) electrons. The maximum Gasteiger partial charge on any atom is 0.248 e. The standard InChI is InChI=1S/C18H26N2O2/c1-2-20-15-18(22-14-17(20)21)9-6-11-19(12-10-18)13-16-7-4-3-5-8-16/h3-5,7-8H,2,6,9-15H2,1H3/t18-/m1/s1. The van der Waals surface area contributed by atoms with Gasteiger partial charge in [0.1, 0.15) is 6.61 Å². The lowest BCUT2D eigenvalue weighted by Crippen LogP contribution is -2.54. The number of hydrogen-bond acceptors (Lipinski definition) is 3. The van der Waals surface area contributed by atoms with Crippen molar-refractivity contribution < 1.29 is 9.53 Å². The molecule has 1 amide bonds. The molecule has 4 heteroatoms. The van der Waals surface area contributed by atoms with Gasteiger partial charge in [0.2, 0.25) is 5.91 Å². The van der Waals surface area contributed by atoms with Crippen LogP contribution in [-0.2, 0) is 16.1 Å². The Bertz CT molecular complexity index is 505. The van der Waals surface area contributed by atoms with Crippen LogP contribution in [0.2, 0.25) is 0 Å². The van der Waals surface area contributed by atoms with Gasteiger partial charge < -0.3 is 9.64 Å². The van der Waals surface area contributed by atoms with Crippen molar-refractivity contribution in [2.24, 2.45) is 0 Å². The molecule has 0 N–H and O–H groups in total. The van der Waals surface area contributed by atoms with Gasteiger partial charge in [-0.25, -0.2) is 0 Å². The topological polar surface area (TPSA) is 32.8 Å². The summed E-state index contributed by atoms with van der Waals surface area (Å²) in [5, 5.41) is 0. The Hall–Kier alpha value is -1.39. The fraction of sp³-hybridized carbons (Fsp3) is 0.611. The van der Waals surface area contributed by atoms with Gasteiger partial charge in [0.15, 0.2) is 0 Å². The lowest BCUT2D eigenvalue weighted by atomic mass is 9.92. The molecule has 2 aliphatic heterocycles. The highest BCUT2D eigenvalue weighted by Gasteiger charge is 2.40. The van der Waals surface area contributed by atoms with E-state index < -0.39 is 0 Å². The predicted octanol–water partition coefficient (Wildman–Crippen LogP) is 2.29. The van der Waals surface area contributed by atoms with Gasteiger partial charge in [0.25, 0.3) is 0 Å². The molecule has 120 valence electrons. The minimum atomic E-state index is -0.116. The van der Waals surface area contributed by atoms with Crippen molar-refractivity contribution >= 4 is 5.91 Å². The molecule has 2 heterocycles. The number of carbonyl (C=O) groups is 1. The monoisotopic (exact) mass is 302 g/mol. The maximum atomic E-state index is 11.8. The maximum absolute atomic E-state index is 11.8. The molecule has 0 aliphatic carbocycles. The lowest BCUT2D eigenvalue weighted by molar-refractivity contribution is -0.165. The summed E-state index contributed by atoms with van der Waals surface area (Å²) >= 11 is 0. The van der Waals surface area contributed by atoms with Crippen molar-refractivity contribution in [3.8, 4) is 0 Å². The van der Waals surface area contributed by atoms with E-state index in [0.29, 0.717) is 0 Å². The molecule has 1 aromatic carbocycles. The number of nitrogens with zero attached hydrogens (tertiary/aromatic N) is 2. The number of amides is 1. The third-order valence-corrected chi connectivity index (χ3v) is 4.95. The molecule has 2 aliphatic rings. The van der Waals surface area contributed by atoms with Crippen LogP contribution in [0.4, 0.5) is 0 Å². The van der Waals surface area contributed by atoms with Gasteiger partial charge in [0, 0.05) is 26.2 Å². The highest BCUT2D eigenvalue weighted by atomic mass is 16.5. The van der Waals surface area contributed by atoms with Crippen molar-refractivity contribution in [2.45, 2.75) is 38.3 Å². The van der Waals surface area contributed by atoms with E-state index in [-0.39, 0.29) is 18.1 Å². The van der Waals surface area contributed by atoms with Crippen molar-refractivity contribution in [3.63, 3.8) is 0 Å². The summed E-state index contributed by atoms with van der Waals surface area (Å²) in [6.45, 7) is 7.02. The van der Waals surface area contributed by atoms with Crippen LogP contribution in [0.3, 0.4) is 0 Å². The molecule has 0 aromatic heterocycles. The summed E-state index contributed by atoms with van der Waals surface area (Å²) in [5.74, 6) is 0.138. The number of hydrogen-bond donors (Lipinski definition) is 0. The number of benzene rings is 1. The zero-order valence-electron chi connectivity index (χ0n) is 13.5. The first-order chi connectivity index (χ1) is 10.7. The van der Waals surface area contributed by atoms with Crippen LogP contribution >= 0.6 is 0 Å². The summed E-state index contributed by atoms with van der Waals surface area (Å²) in [4.78, 5) is 16.3. The largest absolute Gasteiger partial charge is 0.363 e. The Balaban J connectivity index is 1.61. The summed E-state index contributed by atoms with van der Waals surface area (Å²) in [6.07, 6.45) is 3.21. The third-order valence-electron chi connectivity index (χ3n) is 4.95. The van der Waals surface area contributed by atoms with E-state index in [9.17, 15) is 4.79 Å². The highest BCUT2D eigenvalue weighted by Crippen LogP contribution is 2.30. The number of ether oxygens (including phenoxy) is 1. The summed E-state index contributed by atoms with van der Waals surface area (Å²) in [7, 11) is 0. The second-order valence-corrected chi connectivity index (χ2v) is 6.49. The first-order valence-corrected chi connectivity index (χ1v) is 8.39. The minimum Gasteiger partial charge on any atom is -0.363 e. The van der Waals surface area contributed by atoms with Crippen LogP contribution in [0.5, 0.6) is 0 Å². The van der Waals surface area contributed by atoms with Crippen molar-refractivity contribution in [1.29, 1.82) is 0 Å². The van der Waals surface area contributed by atoms with Crippen molar-refractivity contribution in [2.75, 3.05) is 32.8 Å². The lowest BCUT2D eigenvalue weighted by Gasteiger charge is -2.42. The van der Waals surface area contributed by atoms with E-state index in [0.717, 1.165) is 52.0 Å². The number of morpholine rings is 1. The molecule has 2 fully saturated rings. The van der Waals surface area contributed by atoms with Gasteiger partial charge in [-0.05, 0) is 38.3 Å². The number of likely N-dealkylation sites (tertiary alicyclic amines) is 1. The van der Waals surface area contributed by atoms with Crippen LogP contribution in [0, 0.1) is 0 Å².